The molecule has 0 saturated carbocycles. The fourth-order valence-corrected chi connectivity index (χ4v) is 3.50. The zero-order chi connectivity index (χ0) is 21.1. The van der Waals surface area contributed by atoms with Gasteiger partial charge in [-0.1, -0.05) is 0 Å². The number of rotatable bonds is 7. The highest BCUT2D eigenvalue weighted by Crippen LogP contribution is 2.38. The van der Waals surface area contributed by atoms with Gasteiger partial charge in [0, 0.05) is 35.8 Å². The maximum absolute atomic E-state index is 13.2. The van der Waals surface area contributed by atoms with Gasteiger partial charge in [0.2, 0.25) is 0 Å². The maximum atomic E-state index is 13.2. The lowest BCUT2D eigenvalue weighted by atomic mass is 10.2. The van der Waals surface area contributed by atoms with Crippen LogP contribution >= 0.6 is 0 Å². The Bertz CT molecular complexity index is 1030. The van der Waals surface area contributed by atoms with Crippen molar-refractivity contribution in [3.05, 3.63) is 72.1 Å². The van der Waals surface area contributed by atoms with E-state index in [1.807, 2.05) is 43.3 Å². The molecule has 30 heavy (non-hydrogen) atoms. The standard InChI is InChI=1S/C23H23N3O4/c1-4-30-17-9-7-16(8-10-17)26-22(21-20(23(26)27)6-5-11-24-21)25-15-12-18(28-2)14-19(13-15)29-3/h5-14,22,25H,4H2,1-3H3. The monoisotopic (exact) mass is 405 g/mol. The summed E-state index contributed by atoms with van der Waals surface area (Å²) in [5.41, 5.74) is 2.73. The number of benzene rings is 2. The number of aromatic nitrogens is 1. The van der Waals surface area contributed by atoms with E-state index in [0.29, 0.717) is 29.4 Å². The van der Waals surface area contributed by atoms with Gasteiger partial charge in [0.05, 0.1) is 32.1 Å². The van der Waals surface area contributed by atoms with Gasteiger partial charge in [-0.15, -0.1) is 0 Å². The lowest BCUT2D eigenvalue weighted by Crippen LogP contribution is -2.32. The van der Waals surface area contributed by atoms with Gasteiger partial charge in [0.25, 0.3) is 5.91 Å². The predicted molar refractivity (Wildman–Crippen MR) is 115 cm³/mol. The van der Waals surface area contributed by atoms with Gasteiger partial charge >= 0.3 is 0 Å². The number of nitrogens with zero attached hydrogens (tertiary/aromatic N) is 2. The number of ether oxygens (including phenoxy) is 3. The van der Waals surface area contributed by atoms with E-state index >= 15 is 0 Å². The summed E-state index contributed by atoms with van der Waals surface area (Å²) in [6.45, 7) is 2.52. The third kappa shape index (κ3) is 3.61. The number of fused-ring (bicyclic) bond motifs is 1. The molecule has 2 heterocycles. The smallest absolute Gasteiger partial charge is 0.262 e. The van der Waals surface area contributed by atoms with Crippen LogP contribution in [-0.2, 0) is 0 Å². The van der Waals surface area contributed by atoms with Crippen molar-refractivity contribution in [3.8, 4) is 17.2 Å². The van der Waals surface area contributed by atoms with E-state index in [0.717, 1.165) is 17.1 Å². The van der Waals surface area contributed by atoms with E-state index in [-0.39, 0.29) is 5.91 Å². The van der Waals surface area contributed by atoms with E-state index in [1.54, 1.807) is 43.5 Å². The van der Waals surface area contributed by atoms with Crippen LogP contribution in [0.4, 0.5) is 11.4 Å². The Hall–Kier alpha value is -3.74. The summed E-state index contributed by atoms with van der Waals surface area (Å²) in [7, 11) is 3.20. The van der Waals surface area contributed by atoms with Crippen LogP contribution in [0.25, 0.3) is 0 Å². The van der Waals surface area contributed by atoms with Crippen LogP contribution in [-0.4, -0.2) is 31.7 Å². The van der Waals surface area contributed by atoms with E-state index in [2.05, 4.69) is 10.3 Å². The van der Waals surface area contributed by atoms with Crippen molar-refractivity contribution < 1.29 is 19.0 Å². The van der Waals surface area contributed by atoms with Crippen LogP contribution < -0.4 is 24.4 Å². The van der Waals surface area contributed by atoms with Crippen LogP contribution in [0.5, 0.6) is 17.2 Å². The van der Waals surface area contributed by atoms with Gasteiger partial charge in [-0.2, -0.15) is 0 Å². The van der Waals surface area contributed by atoms with Crippen molar-refractivity contribution in [2.45, 2.75) is 13.1 Å². The number of hydrogen-bond acceptors (Lipinski definition) is 6. The van der Waals surface area contributed by atoms with E-state index < -0.39 is 6.17 Å². The summed E-state index contributed by atoms with van der Waals surface area (Å²) in [4.78, 5) is 19.4. The zero-order valence-corrected chi connectivity index (χ0v) is 17.1. The van der Waals surface area contributed by atoms with Crippen LogP contribution in [0.15, 0.2) is 60.8 Å². The number of amides is 1. The molecule has 0 bridgehead atoms. The van der Waals surface area contributed by atoms with Gasteiger partial charge in [0.15, 0.2) is 6.17 Å². The Labute approximate surface area is 175 Å². The average Bonchev–Trinajstić information content (AvgIpc) is 3.06. The van der Waals surface area contributed by atoms with Crippen LogP contribution in [0.2, 0.25) is 0 Å². The van der Waals surface area contributed by atoms with Gasteiger partial charge in [-0.25, -0.2) is 0 Å². The lowest BCUT2D eigenvalue weighted by molar-refractivity contribution is 0.0993. The zero-order valence-electron chi connectivity index (χ0n) is 17.1. The lowest BCUT2D eigenvalue weighted by Gasteiger charge is -2.27. The van der Waals surface area contributed by atoms with E-state index in [9.17, 15) is 4.79 Å². The molecule has 0 saturated heterocycles. The van der Waals surface area contributed by atoms with Crippen molar-refractivity contribution in [2.75, 3.05) is 31.0 Å². The molecule has 2 aromatic carbocycles. The van der Waals surface area contributed by atoms with Crippen LogP contribution in [0, 0.1) is 0 Å². The van der Waals surface area contributed by atoms with Crippen molar-refractivity contribution in [3.63, 3.8) is 0 Å². The third-order valence-corrected chi connectivity index (χ3v) is 4.89. The first-order valence-electron chi connectivity index (χ1n) is 9.65. The van der Waals surface area contributed by atoms with Gasteiger partial charge in [-0.3, -0.25) is 14.7 Å². The number of pyridine rings is 1. The molecule has 0 spiro atoms. The Balaban J connectivity index is 1.73. The normalized spacial score (nSPS) is 15.0. The second-order valence-corrected chi connectivity index (χ2v) is 6.69. The molecule has 1 aliphatic heterocycles. The second-order valence-electron chi connectivity index (χ2n) is 6.69. The average molecular weight is 405 g/mol. The summed E-state index contributed by atoms with van der Waals surface area (Å²) in [6, 6.07) is 16.5. The molecule has 1 N–H and O–H groups in total. The maximum Gasteiger partial charge on any atom is 0.262 e. The number of anilines is 2. The first kappa shape index (κ1) is 19.6. The first-order valence-corrected chi connectivity index (χ1v) is 9.65. The molecule has 7 nitrogen and oxygen atoms in total. The molecule has 1 unspecified atom stereocenters. The molecule has 4 rings (SSSR count). The Morgan fingerprint density at radius 2 is 1.70 bits per heavy atom. The van der Waals surface area contributed by atoms with Gasteiger partial charge < -0.3 is 19.5 Å². The summed E-state index contributed by atoms with van der Waals surface area (Å²) in [5.74, 6) is 1.94. The van der Waals surface area contributed by atoms with Crippen molar-refractivity contribution >= 4 is 17.3 Å². The minimum absolute atomic E-state index is 0.116. The minimum Gasteiger partial charge on any atom is -0.497 e. The fraction of sp³-hybridized carbons (Fsp3) is 0.217. The van der Waals surface area contributed by atoms with E-state index in [4.69, 9.17) is 14.2 Å². The van der Waals surface area contributed by atoms with Crippen LogP contribution in [0.3, 0.4) is 0 Å². The Morgan fingerprint density at radius 3 is 2.33 bits per heavy atom. The Morgan fingerprint density at radius 1 is 1.00 bits per heavy atom. The molecule has 0 fully saturated rings. The number of carbonyl (C=O) groups is 1. The predicted octanol–water partition coefficient (Wildman–Crippen LogP) is 4.27. The molecule has 1 aromatic heterocycles. The summed E-state index contributed by atoms with van der Waals surface area (Å²) >= 11 is 0. The quantitative estimate of drug-likeness (QED) is 0.633. The molecule has 3 aromatic rings. The van der Waals surface area contributed by atoms with Crippen molar-refractivity contribution in [1.29, 1.82) is 0 Å². The van der Waals surface area contributed by atoms with Crippen LogP contribution in [0.1, 0.15) is 29.1 Å². The highest BCUT2D eigenvalue weighted by Gasteiger charge is 2.39. The highest BCUT2D eigenvalue weighted by molar-refractivity contribution is 6.11. The van der Waals surface area contributed by atoms with Gasteiger partial charge in [0.1, 0.15) is 17.2 Å². The number of methoxy groups -OCH3 is 2. The first-order chi connectivity index (χ1) is 14.6. The Kier molecular flexibility index (Phi) is 5.43. The highest BCUT2D eigenvalue weighted by atomic mass is 16.5. The largest absolute Gasteiger partial charge is 0.497 e. The molecule has 7 heteroatoms. The number of nitrogens with one attached hydrogen (secondary N) is 1. The fourth-order valence-electron chi connectivity index (χ4n) is 3.50. The second kappa shape index (κ2) is 8.32. The molecular formula is C23H23N3O4. The molecule has 1 atom stereocenters. The van der Waals surface area contributed by atoms with Crippen molar-refractivity contribution in [1.82, 2.24) is 4.98 Å². The molecule has 1 amide bonds. The molecular weight excluding hydrogens is 382 g/mol. The number of carbonyl (C=O) groups excluding carboxylic acids is 1. The molecule has 154 valence electrons. The van der Waals surface area contributed by atoms with Gasteiger partial charge in [-0.05, 0) is 43.3 Å². The molecule has 0 radical (unpaired) electrons. The summed E-state index contributed by atoms with van der Waals surface area (Å²) in [5, 5.41) is 3.42. The SMILES string of the molecule is CCOc1ccc(N2C(=O)c3cccnc3C2Nc2cc(OC)cc(OC)c2)cc1. The minimum atomic E-state index is -0.483. The summed E-state index contributed by atoms with van der Waals surface area (Å²) in [6.07, 6.45) is 1.21. The topological polar surface area (TPSA) is 72.9 Å². The molecule has 0 aliphatic carbocycles. The molecule has 1 aliphatic rings. The number of hydrogen-bond donors (Lipinski definition) is 1. The van der Waals surface area contributed by atoms with E-state index in [1.165, 1.54) is 0 Å². The summed E-state index contributed by atoms with van der Waals surface area (Å²) < 4.78 is 16.3. The van der Waals surface area contributed by atoms with Crippen molar-refractivity contribution in [2.24, 2.45) is 0 Å². The third-order valence-electron chi connectivity index (χ3n) is 4.89.